The molecule has 0 unspecified atom stereocenters. The van der Waals surface area contributed by atoms with Crippen molar-refractivity contribution in [1.29, 1.82) is 0 Å². The highest BCUT2D eigenvalue weighted by molar-refractivity contribution is 9.10. The number of hydrogen-bond acceptors (Lipinski definition) is 2. The van der Waals surface area contributed by atoms with Crippen molar-refractivity contribution in [3.05, 3.63) is 27.7 Å². The van der Waals surface area contributed by atoms with Crippen LogP contribution >= 0.6 is 15.9 Å². The molecule has 0 aliphatic rings. The summed E-state index contributed by atoms with van der Waals surface area (Å²) >= 11 is 3.50. The molecule has 0 heterocycles. The van der Waals surface area contributed by atoms with Crippen molar-refractivity contribution in [3.63, 3.8) is 0 Å². The Balaban J connectivity index is 3.12. The molecular weight excluding hydrogens is 304 g/mol. The first-order valence-corrected chi connectivity index (χ1v) is 7.72. The maximum Gasteiger partial charge on any atom is 0.169 e. The number of ketones is 1. The van der Waals surface area contributed by atoms with Crippen LogP contribution in [0.15, 0.2) is 16.6 Å². The van der Waals surface area contributed by atoms with Gasteiger partial charge in [-0.25, -0.2) is 0 Å². The van der Waals surface area contributed by atoms with Crippen LogP contribution in [0.1, 0.15) is 55.5 Å². The minimum Gasteiger partial charge on any atom is -0.496 e. The Hall–Kier alpha value is -0.830. The van der Waals surface area contributed by atoms with Crippen LogP contribution in [0.5, 0.6) is 5.75 Å². The number of benzene rings is 1. The molecule has 0 aromatic heterocycles. The molecule has 1 aromatic carbocycles. The van der Waals surface area contributed by atoms with Gasteiger partial charge in [0.05, 0.1) is 12.7 Å². The Morgan fingerprint density at radius 1 is 1.26 bits per heavy atom. The largest absolute Gasteiger partial charge is 0.496 e. The zero-order valence-corrected chi connectivity index (χ0v) is 13.8. The van der Waals surface area contributed by atoms with Gasteiger partial charge < -0.3 is 4.74 Å². The van der Waals surface area contributed by atoms with Gasteiger partial charge in [0, 0.05) is 10.4 Å². The van der Waals surface area contributed by atoms with E-state index in [4.69, 9.17) is 4.74 Å². The third-order valence-electron chi connectivity index (χ3n) is 3.39. The summed E-state index contributed by atoms with van der Waals surface area (Å²) in [6.45, 7) is 6.24. The van der Waals surface area contributed by atoms with Gasteiger partial charge >= 0.3 is 0 Å². The lowest BCUT2D eigenvalue weighted by atomic mass is 9.89. The molecule has 0 spiro atoms. The van der Waals surface area contributed by atoms with Gasteiger partial charge in [-0.05, 0) is 37.5 Å². The molecule has 106 valence electrons. The van der Waals surface area contributed by atoms with Gasteiger partial charge in [0.2, 0.25) is 0 Å². The van der Waals surface area contributed by atoms with Crippen molar-refractivity contribution < 1.29 is 9.53 Å². The smallest absolute Gasteiger partial charge is 0.169 e. The predicted molar refractivity (Wildman–Crippen MR) is 83.1 cm³/mol. The quantitative estimate of drug-likeness (QED) is 0.646. The standard InChI is InChI=1S/C16H23BrO2/c1-5-7-12(8-6-2)16(18)13-10-14(17)11(3)9-15(13)19-4/h9-10,12H,5-8H2,1-4H3. The van der Waals surface area contributed by atoms with Crippen molar-refractivity contribution >= 4 is 21.7 Å². The fourth-order valence-corrected chi connectivity index (χ4v) is 2.68. The maximum absolute atomic E-state index is 12.7. The molecule has 0 bridgehead atoms. The number of Topliss-reactive ketones (excluding diaryl/α,β-unsaturated/α-hetero) is 1. The molecule has 2 nitrogen and oxygen atoms in total. The van der Waals surface area contributed by atoms with Crippen LogP contribution in [0.4, 0.5) is 0 Å². The van der Waals surface area contributed by atoms with Crippen LogP contribution in [0.25, 0.3) is 0 Å². The topological polar surface area (TPSA) is 26.3 Å². The number of rotatable bonds is 7. The van der Waals surface area contributed by atoms with E-state index in [1.54, 1.807) is 7.11 Å². The van der Waals surface area contributed by atoms with Crippen LogP contribution < -0.4 is 4.74 Å². The van der Waals surface area contributed by atoms with Crippen molar-refractivity contribution in [3.8, 4) is 5.75 Å². The van der Waals surface area contributed by atoms with Gasteiger partial charge in [-0.1, -0.05) is 42.6 Å². The second-order valence-electron chi connectivity index (χ2n) is 4.94. The number of carbonyl (C=O) groups is 1. The minimum absolute atomic E-state index is 0.110. The van der Waals surface area contributed by atoms with Gasteiger partial charge in [-0.3, -0.25) is 4.79 Å². The first-order chi connectivity index (χ1) is 9.04. The summed E-state index contributed by atoms with van der Waals surface area (Å²) in [5.74, 6) is 1.00. The van der Waals surface area contributed by atoms with Crippen molar-refractivity contribution in [2.24, 2.45) is 5.92 Å². The Morgan fingerprint density at radius 3 is 2.32 bits per heavy atom. The second kappa shape index (κ2) is 7.68. The highest BCUT2D eigenvalue weighted by Crippen LogP contribution is 2.30. The van der Waals surface area contributed by atoms with Gasteiger partial charge in [-0.2, -0.15) is 0 Å². The van der Waals surface area contributed by atoms with Crippen LogP contribution in [-0.2, 0) is 0 Å². The molecule has 0 atom stereocenters. The van der Waals surface area contributed by atoms with Crippen molar-refractivity contribution in [2.45, 2.75) is 46.5 Å². The SMILES string of the molecule is CCCC(CCC)C(=O)c1cc(Br)c(C)cc1OC. The van der Waals surface area contributed by atoms with E-state index in [1.165, 1.54) is 0 Å². The molecule has 0 radical (unpaired) electrons. The summed E-state index contributed by atoms with van der Waals surface area (Å²) in [6.07, 6.45) is 3.96. The first kappa shape index (κ1) is 16.2. The fourth-order valence-electron chi connectivity index (χ4n) is 2.34. The van der Waals surface area contributed by atoms with Gasteiger partial charge in [0.25, 0.3) is 0 Å². The molecule has 0 saturated carbocycles. The molecule has 0 N–H and O–H groups in total. The Kier molecular flexibility index (Phi) is 6.56. The van der Waals surface area contributed by atoms with Crippen LogP contribution in [-0.4, -0.2) is 12.9 Å². The molecule has 0 amide bonds. The summed E-state index contributed by atoms with van der Waals surface area (Å²) < 4.78 is 6.33. The van der Waals surface area contributed by atoms with Crippen molar-refractivity contribution in [1.82, 2.24) is 0 Å². The molecule has 0 fully saturated rings. The van der Waals surface area contributed by atoms with Gasteiger partial charge in [0.15, 0.2) is 5.78 Å². The number of methoxy groups -OCH3 is 1. The number of halogens is 1. The summed E-state index contributed by atoms with van der Waals surface area (Å²) in [5, 5.41) is 0. The second-order valence-corrected chi connectivity index (χ2v) is 5.79. The van der Waals surface area contributed by atoms with Crippen molar-refractivity contribution in [2.75, 3.05) is 7.11 Å². The lowest BCUT2D eigenvalue weighted by molar-refractivity contribution is 0.0901. The van der Waals surface area contributed by atoms with E-state index in [1.807, 2.05) is 19.1 Å². The normalized spacial score (nSPS) is 10.8. The maximum atomic E-state index is 12.7. The molecule has 1 aromatic rings. The van der Waals surface area contributed by atoms with Crippen LogP contribution in [0.2, 0.25) is 0 Å². The Morgan fingerprint density at radius 2 is 1.84 bits per heavy atom. The number of hydrogen-bond donors (Lipinski definition) is 0. The molecular formula is C16H23BrO2. The molecule has 0 aliphatic heterocycles. The highest BCUT2D eigenvalue weighted by Gasteiger charge is 2.22. The lowest BCUT2D eigenvalue weighted by Gasteiger charge is -2.17. The average Bonchev–Trinajstić information content (AvgIpc) is 2.40. The lowest BCUT2D eigenvalue weighted by Crippen LogP contribution is -2.16. The summed E-state index contributed by atoms with van der Waals surface area (Å²) in [6, 6.07) is 3.82. The zero-order valence-electron chi connectivity index (χ0n) is 12.3. The van der Waals surface area contributed by atoms with E-state index < -0.39 is 0 Å². The zero-order chi connectivity index (χ0) is 14.4. The summed E-state index contributed by atoms with van der Waals surface area (Å²) in [4.78, 5) is 12.7. The van der Waals surface area contributed by atoms with E-state index in [-0.39, 0.29) is 11.7 Å². The Bertz CT molecular complexity index is 435. The molecule has 19 heavy (non-hydrogen) atoms. The monoisotopic (exact) mass is 326 g/mol. The van der Waals surface area contributed by atoms with E-state index in [0.717, 1.165) is 35.7 Å². The van der Waals surface area contributed by atoms with Crippen LogP contribution in [0, 0.1) is 12.8 Å². The Labute approximate surface area is 124 Å². The van der Waals surface area contributed by atoms with Gasteiger partial charge in [-0.15, -0.1) is 0 Å². The molecule has 0 aliphatic carbocycles. The highest BCUT2D eigenvalue weighted by atomic mass is 79.9. The third kappa shape index (κ3) is 4.07. The predicted octanol–water partition coefficient (Wildman–Crippen LogP) is 5.17. The van der Waals surface area contributed by atoms with E-state index >= 15 is 0 Å². The van der Waals surface area contributed by atoms with Gasteiger partial charge in [0.1, 0.15) is 5.75 Å². The molecule has 0 saturated heterocycles. The summed E-state index contributed by atoms with van der Waals surface area (Å²) in [7, 11) is 1.62. The number of aryl methyl sites for hydroxylation is 1. The van der Waals surface area contributed by atoms with E-state index in [0.29, 0.717) is 11.3 Å². The van der Waals surface area contributed by atoms with Crippen LogP contribution in [0.3, 0.4) is 0 Å². The molecule has 1 rings (SSSR count). The fraction of sp³-hybridized carbons (Fsp3) is 0.562. The minimum atomic E-state index is 0.110. The van der Waals surface area contributed by atoms with E-state index in [2.05, 4.69) is 29.8 Å². The first-order valence-electron chi connectivity index (χ1n) is 6.93. The third-order valence-corrected chi connectivity index (χ3v) is 4.25. The number of carbonyl (C=O) groups excluding carboxylic acids is 1. The summed E-state index contributed by atoms with van der Waals surface area (Å²) in [5.41, 5.74) is 1.78. The molecule has 3 heteroatoms. The number of ether oxygens (including phenoxy) is 1. The average molecular weight is 327 g/mol. The van der Waals surface area contributed by atoms with E-state index in [9.17, 15) is 4.79 Å².